The Morgan fingerprint density at radius 1 is 1.45 bits per heavy atom. The van der Waals surface area contributed by atoms with Gasteiger partial charge in [-0.2, -0.15) is 0 Å². The van der Waals surface area contributed by atoms with Crippen molar-refractivity contribution in [3.05, 3.63) is 50.6 Å². The van der Waals surface area contributed by atoms with Crippen LogP contribution in [0.4, 0.5) is 0 Å². The van der Waals surface area contributed by atoms with Crippen molar-refractivity contribution in [2.75, 3.05) is 13.2 Å². The van der Waals surface area contributed by atoms with E-state index in [1.807, 2.05) is 36.6 Å². The van der Waals surface area contributed by atoms with Crippen molar-refractivity contribution in [2.45, 2.75) is 13.5 Å². The van der Waals surface area contributed by atoms with E-state index in [4.69, 9.17) is 10.5 Å². The van der Waals surface area contributed by atoms with Crippen molar-refractivity contribution in [1.82, 2.24) is 4.57 Å². The number of hydrogen-bond acceptors (Lipinski definition) is 4. The molecule has 1 aromatic heterocycles. The zero-order valence-electron chi connectivity index (χ0n) is 11.3. The highest BCUT2D eigenvalue weighted by atomic mass is 32.1. The molecule has 0 fully saturated rings. The number of aromatic nitrogens is 1. The molecule has 2 aromatic rings. The highest BCUT2D eigenvalue weighted by Crippen LogP contribution is 2.12. The van der Waals surface area contributed by atoms with Gasteiger partial charge in [0.05, 0.1) is 13.1 Å². The number of nitrogens with two attached hydrogens (primary N) is 1. The summed E-state index contributed by atoms with van der Waals surface area (Å²) >= 11 is 1.21. The average Bonchev–Trinajstić information content (AvgIpc) is 2.77. The lowest BCUT2D eigenvalue weighted by molar-refractivity contribution is 0.296. The van der Waals surface area contributed by atoms with Crippen LogP contribution in [-0.4, -0.2) is 17.7 Å². The predicted octanol–water partition coefficient (Wildman–Crippen LogP) is 1.61. The molecule has 0 aliphatic heterocycles. The molecule has 0 bridgehead atoms. The van der Waals surface area contributed by atoms with Crippen molar-refractivity contribution in [2.24, 2.45) is 5.73 Å². The standard InChI is InChI=1S/C15H16N2O2S/c1-12-11-20-15(18)17(12)8-9-19-14-6-2-4-13(10-14)5-3-7-16/h2,4,6,10-11H,7-9,16H2,1H3. The van der Waals surface area contributed by atoms with Crippen molar-refractivity contribution in [1.29, 1.82) is 0 Å². The van der Waals surface area contributed by atoms with Gasteiger partial charge in [-0.3, -0.25) is 9.36 Å². The Morgan fingerprint density at radius 2 is 2.30 bits per heavy atom. The van der Waals surface area contributed by atoms with Crippen molar-refractivity contribution in [3.8, 4) is 17.6 Å². The first-order chi connectivity index (χ1) is 9.70. The molecule has 0 amide bonds. The molecule has 1 heterocycles. The van der Waals surface area contributed by atoms with E-state index in [0.717, 1.165) is 17.0 Å². The van der Waals surface area contributed by atoms with E-state index in [9.17, 15) is 4.79 Å². The summed E-state index contributed by atoms with van der Waals surface area (Å²) in [6.45, 7) is 3.25. The SMILES string of the molecule is Cc1csc(=O)n1CCOc1cccc(C#CCN)c1. The second-order valence-corrected chi connectivity index (χ2v) is 5.00. The molecule has 0 radical (unpaired) electrons. The van der Waals surface area contributed by atoms with E-state index in [1.165, 1.54) is 11.3 Å². The van der Waals surface area contributed by atoms with Gasteiger partial charge in [-0.25, -0.2) is 0 Å². The molecule has 0 atom stereocenters. The monoisotopic (exact) mass is 288 g/mol. The topological polar surface area (TPSA) is 57.2 Å². The molecule has 2 N–H and O–H groups in total. The molecular formula is C15H16N2O2S. The summed E-state index contributed by atoms with van der Waals surface area (Å²) in [6, 6.07) is 7.53. The summed E-state index contributed by atoms with van der Waals surface area (Å²) in [7, 11) is 0. The average molecular weight is 288 g/mol. The quantitative estimate of drug-likeness (QED) is 0.870. The molecular weight excluding hydrogens is 272 g/mol. The third-order valence-electron chi connectivity index (χ3n) is 2.73. The van der Waals surface area contributed by atoms with Gasteiger partial charge in [0.1, 0.15) is 12.4 Å². The zero-order valence-corrected chi connectivity index (χ0v) is 12.1. The predicted molar refractivity (Wildman–Crippen MR) is 81.2 cm³/mol. The van der Waals surface area contributed by atoms with E-state index < -0.39 is 0 Å². The van der Waals surface area contributed by atoms with Crippen LogP contribution in [0.2, 0.25) is 0 Å². The van der Waals surface area contributed by atoms with E-state index in [0.29, 0.717) is 19.7 Å². The number of benzene rings is 1. The van der Waals surface area contributed by atoms with Crippen molar-refractivity contribution >= 4 is 11.3 Å². The van der Waals surface area contributed by atoms with Gasteiger partial charge in [0.25, 0.3) is 0 Å². The minimum absolute atomic E-state index is 0.0497. The number of nitrogens with zero attached hydrogens (tertiary/aromatic N) is 1. The summed E-state index contributed by atoms with van der Waals surface area (Å²) < 4.78 is 7.37. The number of ether oxygens (including phenoxy) is 1. The van der Waals surface area contributed by atoms with Gasteiger partial charge in [0, 0.05) is 16.6 Å². The fourth-order valence-electron chi connectivity index (χ4n) is 1.75. The van der Waals surface area contributed by atoms with E-state index in [-0.39, 0.29) is 4.87 Å². The van der Waals surface area contributed by atoms with Crippen molar-refractivity contribution in [3.63, 3.8) is 0 Å². The minimum atomic E-state index is 0.0497. The van der Waals surface area contributed by atoms with Gasteiger partial charge in [-0.05, 0) is 25.1 Å². The molecule has 0 saturated carbocycles. The number of rotatable bonds is 4. The summed E-state index contributed by atoms with van der Waals surface area (Å²) in [6.07, 6.45) is 0. The Morgan fingerprint density at radius 3 is 3.00 bits per heavy atom. The van der Waals surface area contributed by atoms with Crippen LogP contribution in [0.15, 0.2) is 34.4 Å². The van der Waals surface area contributed by atoms with E-state index >= 15 is 0 Å². The second kappa shape index (κ2) is 6.94. The Hall–Kier alpha value is -2.03. The van der Waals surface area contributed by atoms with Crippen LogP contribution in [0, 0.1) is 18.8 Å². The van der Waals surface area contributed by atoms with E-state index in [2.05, 4.69) is 11.8 Å². The molecule has 0 saturated heterocycles. The highest BCUT2D eigenvalue weighted by Gasteiger charge is 2.02. The van der Waals surface area contributed by atoms with Crippen LogP contribution in [0.25, 0.3) is 0 Å². The van der Waals surface area contributed by atoms with Gasteiger partial charge in [-0.15, -0.1) is 0 Å². The molecule has 4 nitrogen and oxygen atoms in total. The summed E-state index contributed by atoms with van der Waals surface area (Å²) in [5.41, 5.74) is 7.18. The Labute approximate surface area is 121 Å². The van der Waals surface area contributed by atoms with Gasteiger partial charge < -0.3 is 10.5 Å². The maximum absolute atomic E-state index is 11.6. The molecule has 0 aliphatic carbocycles. The molecule has 1 aromatic carbocycles. The van der Waals surface area contributed by atoms with Gasteiger partial charge >= 0.3 is 4.87 Å². The minimum Gasteiger partial charge on any atom is -0.492 e. The Bertz CT molecular complexity index is 692. The molecule has 0 aliphatic rings. The smallest absolute Gasteiger partial charge is 0.307 e. The lowest BCUT2D eigenvalue weighted by atomic mass is 10.2. The highest BCUT2D eigenvalue weighted by molar-refractivity contribution is 7.07. The lowest BCUT2D eigenvalue weighted by Crippen LogP contribution is -2.18. The molecule has 2 rings (SSSR count). The van der Waals surface area contributed by atoms with Gasteiger partial charge in [-0.1, -0.05) is 29.2 Å². The zero-order chi connectivity index (χ0) is 14.4. The Balaban J connectivity index is 1.96. The van der Waals surface area contributed by atoms with Gasteiger partial charge in [0.15, 0.2) is 0 Å². The third kappa shape index (κ3) is 3.73. The summed E-state index contributed by atoms with van der Waals surface area (Å²) in [5, 5.41) is 1.85. The molecule has 0 unspecified atom stereocenters. The first-order valence-electron chi connectivity index (χ1n) is 6.27. The number of aryl methyl sites for hydroxylation is 1. The van der Waals surface area contributed by atoms with Crippen LogP contribution in [0.5, 0.6) is 5.75 Å². The molecule has 5 heteroatoms. The normalized spacial score (nSPS) is 9.90. The maximum atomic E-state index is 11.6. The summed E-state index contributed by atoms with van der Waals surface area (Å²) in [5.74, 6) is 6.51. The van der Waals surface area contributed by atoms with E-state index in [1.54, 1.807) is 4.57 Å². The fourth-order valence-corrected chi connectivity index (χ4v) is 2.51. The first-order valence-corrected chi connectivity index (χ1v) is 7.15. The number of hydrogen-bond donors (Lipinski definition) is 1. The maximum Gasteiger partial charge on any atom is 0.307 e. The second-order valence-electron chi connectivity index (χ2n) is 4.18. The lowest BCUT2D eigenvalue weighted by Gasteiger charge is -2.08. The summed E-state index contributed by atoms with van der Waals surface area (Å²) in [4.78, 5) is 11.6. The molecule has 20 heavy (non-hydrogen) atoms. The van der Waals surface area contributed by atoms with Crippen LogP contribution < -0.4 is 15.3 Å². The Kier molecular flexibility index (Phi) is 4.99. The number of thiazole rings is 1. The fraction of sp³-hybridized carbons (Fsp3) is 0.267. The molecule has 104 valence electrons. The van der Waals surface area contributed by atoms with Crippen LogP contribution in [0.1, 0.15) is 11.3 Å². The largest absolute Gasteiger partial charge is 0.492 e. The van der Waals surface area contributed by atoms with Gasteiger partial charge in [0.2, 0.25) is 0 Å². The third-order valence-corrected chi connectivity index (χ3v) is 3.61. The van der Waals surface area contributed by atoms with Crippen molar-refractivity contribution < 1.29 is 4.74 Å². The van der Waals surface area contributed by atoms with Crippen LogP contribution in [-0.2, 0) is 6.54 Å². The molecule has 0 spiro atoms. The van der Waals surface area contributed by atoms with Crippen LogP contribution >= 0.6 is 11.3 Å². The van der Waals surface area contributed by atoms with Crippen LogP contribution in [0.3, 0.4) is 0 Å². The first kappa shape index (κ1) is 14.4.